The molecule has 2 atom stereocenters. The van der Waals surface area contributed by atoms with Crippen LogP contribution in [0.25, 0.3) is 0 Å². The second kappa shape index (κ2) is 5.13. The summed E-state index contributed by atoms with van der Waals surface area (Å²) < 4.78 is 1.62. The molecule has 2 amide bonds. The van der Waals surface area contributed by atoms with Crippen LogP contribution in [0.5, 0.6) is 0 Å². The van der Waals surface area contributed by atoms with Crippen molar-refractivity contribution in [2.75, 3.05) is 0 Å². The van der Waals surface area contributed by atoms with Gasteiger partial charge in [-0.3, -0.25) is 14.3 Å². The molecule has 7 nitrogen and oxygen atoms in total. The van der Waals surface area contributed by atoms with E-state index >= 15 is 0 Å². The first-order valence-corrected chi connectivity index (χ1v) is 7.26. The number of nitrogens with zero attached hydrogens (tertiary/aromatic N) is 4. The summed E-state index contributed by atoms with van der Waals surface area (Å²) in [5, 5.41) is 6.91. The summed E-state index contributed by atoms with van der Waals surface area (Å²) in [6.07, 6.45) is 2.54. The van der Waals surface area contributed by atoms with E-state index in [0.717, 1.165) is 0 Å². The molecule has 1 N–H and O–H groups in total. The maximum Gasteiger partial charge on any atom is 0.249 e. The Bertz CT molecular complexity index is 569. The molecule has 7 heteroatoms. The van der Waals surface area contributed by atoms with Gasteiger partial charge in [0.2, 0.25) is 11.8 Å². The lowest BCUT2D eigenvalue weighted by Crippen LogP contribution is -2.73. The van der Waals surface area contributed by atoms with Crippen LogP contribution in [0.15, 0.2) is 6.33 Å². The van der Waals surface area contributed by atoms with Crippen molar-refractivity contribution in [3.05, 3.63) is 12.2 Å². The zero-order valence-corrected chi connectivity index (χ0v) is 13.3. The van der Waals surface area contributed by atoms with Gasteiger partial charge in [-0.05, 0) is 26.7 Å². The SMILES string of the molecule is CCC1(C)NC(=O)C(C)(CC)N(Cc2ncnn2C)C1=O. The van der Waals surface area contributed by atoms with Crippen LogP contribution in [-0.4, -0.2) is 42.6 Å². The summed E-state index contributed by atoms with van der Waals surface area (Å²) >= 11 is 0. The monoisotopic (exact) mass is 293 g/mol. The molecule has 0 aromatic carbocycles. The van der Waals surface area contributed by atoms with Gasteiger partial charge >= 0.3 is 0 Å². The molecule has 0 bridgehead atoms. The van der Waals surface area contributed by atoms with E-state index in [1.165, 1.54) is 6.33 Å². The number of rotatable bonds is 4. The van der Waals surface area contributed by atoms with E-state index in [9.17, 15) is 9.59 Å². The number of piperazine rings is 1. The van der Waals surface area contributed by atoms with Gasteiger partial charge < -0.3 is 10.2 Å². The molecule has 0 spiro atoms. The van der Waals surface area contributed by atoms with Crippen LogP contribution in [-0.2, 0) is 23.2 Å². The maximum absolute atomic E-state index is 12.9. The first kappa shape index (κ1) is 15.5. The lowest BCUT2D eigenvalue weighted by Gasteiger charge is -2.49. The first-order valence-electron chi connectivity index (χ1n) is 7.26. The van der Waals surface area contributed by atoms with Crippen molar-refractivity contribution in [2.45, 2.75) is 58.2 Å². The molecular formula is C14H23N5O2. The van der Waals surface area contributed by atoms with Crippen molar-refractivity contribution < 1.29 is 9.59 Å². The fraction of sp³-hybridized carbons (Fsp3) is 0.714. The van der Waals surface area contributed by atoms with Crippen LogP contribution in [0.3, 0.4) is 0 Å². The van der Waals surface area contributed by atoms with E-state index in [-0.39, 0.29) is 18.4 Å². The van der Waals surface area contributed by atoms with Crippen molar-refractivity contribution >= 4 is 11.8 Å². The summed E-state index contributed by atoms with van der Waals surface area (Å²) in [5.41, 5.74) is -1.72. The van der Waals surface area contributed by atoms with Gasteiger partial charge in [-0.15, -0.1) is 0 Å². The second-order valence-corrected chi connectivity index (χ2v) is 5.96. The second-order valence-electron chi connectivity index (χ2n) is 5.96. The van der Waals surface area contributed by atoms with Crippen LogP contribution in [0.4, 0.5) is 0 Å². The molecule has 2 heterocycles. The van der Waals surface area contributed by atoms with Gasteiger partial charge in [0.05, 0.1) is 6.54 Å². The molecule has 1 aromatic heterocycles. The molecule has 1 aliphatic rings. The average molecular weight is 293 g/mol. The molecule has 0 aliphatic carbocycles. The van der Waals surface area contributed by atoms with E-state index in [2.05, 4.69) is 15.4 Å². The molecule has 1 fully saturated rings. The summed E-state index contributed by atoms with van der Waals surface area (Å²) in [6, 6.07) is 0. The van der Waals surface area contributed by atoms with Gasteiger partial charge in [0.1, 0.15) is 23.2 Å². The number of hydrogen-bond acceptors (Lipinski definition) is 4. The van der Waals surface area contributed by atoms with Gasteiger partial charge in [0, 0.05) is 7.05 Å². The molecule has 1 aliphatic heterocycles. The highest BCUT2D eigenvalue weighted by Gasteiger charge is 2.53. The number of carbonyl (C=O) groups is 2. The highest BCUT2D eigenvalue weighted by atomic mass is 16.2. The Morgan fingerprint density at radius 1 is 1.24 bits per heavy atom. The quantitative estimate of drug-likeness (QED) is 0.882. The van der Waals surface area contributed by atoms with Crippen molar-refractivity contribution in [1.29, 1.82) is 0 Å². The standard InChI is InChI=1S/C14H23N5O2/c1-6-13(3)12(21)19(8-10-15-9-16-18(10)5)14(4,7-2)11(20)17-13/h9H,6-8H2,1-5H3,(H,17,20). The molecule has 21 heavy (non-hydrogen) atoms. The minimum absolute atomic E-state index is 0.0723. The fourth-order valence-electron chi connectivity index (χ4n) is 2.53. The van der Waals surface area contributed by atoms with Crippen LogP contribution in [0.1, 0.15) is 46.4 Å². The average Bonchev–Trinajstić information content (AvgIpc) is 2.86. The Morgan fingerprint density at radius 2 is 1.90 bits per heavy atom. The summed E-state index contributed by atoms with van der Waals surface area (Å²) in [6.45, 7) is 7.65. The summed E-state index contributed by atoms with van der Waals surface area (Å²) in [5.74, 6) is 0.476. The number of hydrogen-bond donors (Lipinski definition) is 1. The van der Waals surface area contributed by atoms with Crippen LogP contribution < -0.4 is 5.32 Å². The largest absolute Gasteiger partial charge is 0.340 e. The topological polar surface area (TPSA) is 80.1 Å². The predicted octanol–water partition coefficient (Wildman–Crippen LogP) is 0.611. The van der Waals surface area contributed by atoms with Crippen LogP contribution in [0, 0.1) is 0 Å². The van der Waals surface area contributed by atoms with Crippen molar-refractivity contribution in [2.24, 2.45) is 7.05 Å². The van der Waals surface area contributed by atoms with Crippen molar-refractivity contribution in [1.82, 2.24) is 25.0 Å². The maximum atomic E-state index is 12.9. The predicted molar refractivity (Wildman–Crippen MR) is 77.1 cm³/mol. The van der Waals surface area contributed by atoms with E-state index in [4.69, 9.17) is 0 Å². The van der Waals surface area contributed by atoms with Gasteiger partial charge in [-0.1, -0.05) is 13.8 Å². The van der Waals surface area contributed by atoms with Gasteiger partial charge in [-0.2, -0.15) is 5.10 Å². The minimum atomic E-state index is -0.863. The lowest BCUT2D eigenvalue weighted by molar-refractivity contribution is -0.163. The molecule has 1 aromatic rings. The van der Waals surface area contributed by atoms with Crippen molar-refractivity contribution in [3.8, 4) is 0 Å². The van der Waals surface area contributed by atoms with E-state index in [1.54, 1.807) is 30.5 Å². The van der Waals surface area contributed by atoms with Gasteiger partial charge in [0.15, 0.2) is 0 Å². The highest BCUT2D eigenvalue weighted by Crippen LogP contribution is 2.31. The third-order valence-corrected chi connectivity index (χ3v) is 4.69. The molecule has 1 saturated heterocycles. The highest BCUT2D eigenvalue weighted by molar-refractivity contribution is 6.01. The Balaban J connectivity index is 2.42. The Kier molecular flexibility index (Phi) is 3.78. The third-order valence-electron chi connectivity index (χ3n) is 4.69. The zero-order chi connectivity index (χ0) is 15.8. The van der Waals surface area contributed by atoms with Gasteiger partial charge in [-0.25, -0.2) is 4.98 Å². The number of aryl methyl sites for hydroxylation is 1. The summed E-state index contributed by atoms with van der Waals surface area (Å²) in [7, 11) is 1.78. The molecule has 116 valence electrons. The lowest BCUT2D eigenvalue weighted by atomic mass is 9.84. The van der Waals surface area contributed by atoms with Crippen LogP contribution >= 0.6 is 0 Å². The van der Waals surface area contributed by atoms with E-state index < -0.39 is 11.1 Å². The van der Waals surface area contributed by atoms with E-state index in [0.29, 0.717) is 18.7 Å². The Morgan fingerprint density at radius 3 is 2.38 bits per heavy atom. The minimum Gasteiger partial charge on any atom is -0.340 e. The molecular weight excluding hydrogens is 270 g/mol. The number of carbonyl (C=O) groups excluding carboxylic acids is 2. The smallest absolute Gasteiger partial charge is 0.249 e. The Labute approximate surface area is 124 Å². The molecule has 0 radical (unpaired) electrons. The molecule has 2 rings (SSSR count). The summed E-state index contributed by atoms with van der Waals surface area (Å²) in [4.78, 5) is 31.2. The number of aromatic nitrogens is 3. The number of amides is 2. The normalized spacial score (nSPS) is 29.7. The zero-order valence-electron chi connectivity index (χ0n) is 13.3. The van der Waals surface area contributed by atoms with E-state index in [1.807, 2.05) is 13.8 Å². The third kappa shape index (κ3) is 2.30. The van der Waals surface area contributed by atoms with Crippen LogP contribution in [0.2, 0.25) is 0 Å². The fourth-order valence-corrected chi connectivity index (χ4v) is 2.53. The Hall–Kier alpha value is -1.92. The molecule has 2 unspecified atom stereocenters. The van der Waals surface area contributed by atoms with Gasteiger partial charge in [0.25, 0.3) is 0 Å². The molecule has 0 saturated carbocycles. The number of nitrogens with one attached hydrogen (secondary N) is 1. The first-order chi connectivity index (χ1) is 9.78. The van der Waals surface area contributed by atoms with Crippen molar-refractivity contribution in [3.63, 3.8) is 0 Å².